The third-order valence-electron chi connectivity index (χ3n) is 4.33. The quantitative estimate of drug-likeness (QED) is 0.782. The molecule has 140 valence electrons. The van der Waals surface area contributed by atoms with Crippen molar-refractivity contribution >= 4 is 0 Å². The Balaban J connectivity index is 1.57. The van der Waals surface area contributed by atoms with Crippen LogP contribution in [0.1, 0.15) is 17.3 Å². The van der Waals surface area contributed by atoms with Crippen molar-refractivity contribution in [1.82, 2.24) is 15.2 Å². The minimum absolute atomic E-state index is 0.168. The van der Waals surface area contributed by atoms with E-state index in [1.807, 2.05) is 24.4 Å². The van der Waals surface area contributed by atoms with Gasteiger partial charge in [-0.25, -0.2) is 0 Å². The van der Waals surface area contributed by atoms with E-state index in [2.05, 4.69) is 19.9 Å². The van der Waals surface area contributed by atoms with E-state index in [9.17, 15) is 8.78 Å². The van der Waals surface area contributed by atoms with Crippen LogP contribution in [0.2, 0.25) is 0 Å². The Morgan fingerprint density at radius 2 is 1.88 bits per heavy atom. The fraction of sp³-hybridized carbons (Fsp3) is 0.421. The molecule has 1 aromatic heterocycles. The molecule has 2 heterocycles. The number of morpholine rings is 1. The van der Waals surface area contributed by atoms with Crippen LogP contribution in [-0.2, 0) is 11.3 Å². The molecule has 7 heteroatoms. The molecule has 1 aliphatic rings. The number of hydrogen-bond donors (Lipinski definition) is 1. The maximum Gasteiger partial charge on any atom is 0.387 e. The second-order valence-electron chi connectivity index (χ2n) is 6.07. The number of pyridine rings is 1. The number of rotatable bonds is 8. The van der Waals surface area contributed by atoms with E-state index in [1.54, 1.807) is 24.3 Å². The average Bonchev–Trinajstić information content (AvgIpc) is 2.67. The van der Waals surface area contributed by atoms with E-state index in [1.165, 1.54) is 0 Å². The fourth-order valence-corrected chi connectivity index (χ4v) is 3.02. The number of nitrogens with zero attached hydrogens (tertiary/aromatic N) is 2. The van der Waals surface area contributed by atoms with Crippen LogP contribution in [0.15, 0.2) is 48.7 Å². The lowest BCUT2D eigenvalue weighted by Gasteiger charge is -2.34. The summed E-state index contributed by atoms with van der Waals surface area (Å²) in [6.07, 6.45) is 1.81. The monoisotopic (exact) mass is 363 g/mol. The molecule has 26 heavy (non-hydrogen) atoms. The lowest BCUT2D eigenvalue weighted by Crippen LogP contribution is -2.43. The van der Waals surface area contributed by atoms with E-state index < -0.39 is 6.61 Å². The molecule has 1 aromatic carbocycles. The summed E-state index contributed by atoms with van der Waals surface area (Å²) in [5.74, 6) is 0.170. The number of aromatic nitrogens is 1. The lowest BCUT2D eigenvalue weighted by atomic mass is 10.1. The minimum Gasteiger partial charge on any atom is -0.435 e. The van der Waals surface area contributed by atoms with Gasteiger partial charge in [-0.1, -0.05) is 18.2 Å². The predicted octanol–water partition coefficient (Wildman–Crippen LogP) is 2.85. The van der Waals surface area contributed by atoms with Crippen LogP contribution in [0, 0.1) is 0 Å². The van der Waals surface area contributed by atoms with Crippen LogP contribution in [0.5, 0.6) is 5.75 Å². The number of alkyl halides is 2. The van der Waals surface area contributed by atoms with Gasteiger partial charge in [0.2, 0.25) is 0 Å². The zero-order chi connectivity index (χ0) is 18.2. The smallest absolute Gasteiger partial charge is 0.387 e. The molecule has 1 fully saturated rings. The topological polar surface area (TPSA) is 46.6 Å². The van der Waals surface area contributed by atoms with Crippen molar-refractivity contribution in [3.8, 4) is 5.75 Å². The highest BCUT2D eigenvalue weighted by atomic mass is 19.3. The fourth-order valence-electron chi connectivity index (χ4n) is 3.02. The Morgan fingerprint density at radius 1 is 1.12 bits per heavy atom. The molecule has 0 saturated carbocycles. The normalized spacial score (nSPS) is 16.6. The Kier molecular flexibility index (Phi) is 6.88. The van der Waals surface area contributed by atoms with E-state index >= 15 is 0 Å². The van der Waals surface area contributed by atoms with E-state index in [0.717, 1.165) is 44.1 Å². The molecule has 1 saturated heterocycles. The maximum absolute atomic E-state index is 12.2. The molecule has 0 aliphatic carbocycles. The summed E-state index contributed by atoms with van der Waals surface area (Å²) in [6, 6.07) is 12.8. The van der Waals surface area contributed by atoms with E-state index in [4.69, 9.17) is 4.74 Å². The molecular weight excluding hydrogens is 340 g/mol. The van der Waals surface area contributed by atoms with Gasteiger partial charge in [0.05, 0.1) is 24.9 Å². The van der Waals surface area contributed by atoms with Crippen LogP contribution in [-0.4, -0.2) is 49.3 Å². The molecule has 2 aromatic rings. The zero-order valence-electron chi connectivity index (χ0n) is 14.5. The van der Waals surface area contributed by atoms with Crippen molar-refractivity contribution in [2.24, 2.45) is 0 Å². The van der Waals surface area contributed by atoms with Gasteiger partial charge >= 0.3 is 6.61 Å². The van der Waals surface area contributed by atoms with Crippen molar-refractivity contribution in [3.63, 3.8) is 0 Å². The number of ether oxygens (including phenoxy) is 2. The maximum atomic E-state index is 12.2. The summed E-state index contributed by atoms with van der Waals surface area (Å²) in [5.41, 5.74) is 2.04. The molecule has 1 aliphatic heterocycles. The predicted molar refractivity (Wildman–Crippen MR) is 94.2 cm³/mol. The van der Waals surface area contributed by atoms with Gasteiger partial charge < -0.3 is 14.8 Å². The third kappa shape index (κ3) is 5.45. The molecule has 1 atom stereocenters. The first kappa shape index (κ1) is 18.7. The van der Waals surface area contributed by atoms with Gasteiger partial charge in [0.15, 0.2) is 0 Å². The molecular formula is C19H23F2N3O2. The third-order valence-corrected chi connectivity index (χ3v) is 4.33. The molecule has 1 unspecified atom stereocenters. The first-order valence-corrected chi connectivity index (χ1v) is 8.69. The summed E-state index contributed by atoms with van der Waals surface area (Å²) >= 11 is 0. The van der Waals surface area contributed by atoms with Crippen LogP contribution in [0.25, 0.3) is 0 Å². The second-order valence-corrected chi connectivity index (χ2v) is 6.07. The van der Waals surface area contributed by atoms with Gasteiger partial charge in [0.1, 0.15) is 5.75 Å². The molecule has 5 nitrogen and oxygen atoms in total. The number of nitrogens with one attached hydrogen (secondary N) is 1. The minimum atomic E-state index is -2.80. The Labute approximate surface area is 151 Å². The highest BCUT2D eigenvalue weighted by Gasteiger charge is 2.23. The Bertz CT molecular complexity index is 650. The summed E-state index contributed by atoms with van der Waals surface area (Å²) < 4.78 is 34.2. The largest absolute Gasteiger partial charge is 0.435 e. The molecule has 0 spiro atoms. The summed E-state index contributed by atoms with van der Waals surface area (Å²) in [6.45, 7) is 1.80. The molecule has 1 N–H and O–H groups in total. The van der Waals surface area contributed by atoms with Crippen molar-refractivity contribution < 1.29 is 18.3 Å². The van der Waals surface area contributed by atoms with Crippen molar-refractivity contribution in [1.29, 1.82) is 0 Å². The lowest BCUT2D eigenvalue weighted by molar-refractivity contribution is -0.0498. The number of benzene rings is 1. The molecule has 0 bridgehead atoms. The highest BCUT2D eigenvalue weighted by Crippen LogP contribution is 2.20. The van der Waals surface area contributed by atoms with Crippen molar-refractivity contribution in [3.05, 3.63) is 59.9 Å². The Morgan fingerprint density at radius 3 is 2.54 bits per heavy atom. The number of hydrogen-bond acceptors (Lipinski definition) is 5. The molecule has 0 radical (unpaired) electrons. The summed E-state index contributed by atoms with van der Waals surface area (Å²) in [4.78, 5) is 6.88. The summed E-state index contributed by atoms with van der Waals surface area (Å²) in [5, 5.41) is 3.45. The second kappa shape index (κ2) is 9.56. The van der Waals surface area contributed by atoms with Gasteiger partial charge in [-0.2, -0.15) is 8.78 Å². The van der Waals surface area contributed by atoms with Gasteiger partial charge in [-0.3, -0.25) is 9.88 Å². The van der Waals surface area contributed by atoms with Crippen LogP contribution in [0.3, 0.4) is 0 Å². The first-order valence-electron chi connectivity index (χ1n) is 8.69. The van der Waals surface area contributed by atoms with Crippen LogP contribution >= 0.6 is 0 Å². The van der Waals surface area contributed by atoms with Gasteiger partial charge in [-0.05, 0) is 29.8 Å². The van der Waals surface area contributed by atoms with Crippen LogP contribution in [0.4, 0.5) is 8.78 Å². The van der Waals surface area contributed by atoms with Crippen molar-refractivity contribution in [2.45, 2.75) is 19.2 Å². The molecule has 3 rings (SSSR count). The number of halogens is 2. The SMILES string of the molecule is FC(F)Oc1ccc(CNCC(c2ccccn2)N2CCOCC2)cc1. The van der Waals surface area contributed by atoms with Crippen LogP contribution < -0.4 is 10.1 Å². The highest BCUT2D eigenvalue weighted by molar-refractivity contribution is 5.27. The summed E-state index contributed by atoms with van der Waals surface area (Å²) in [7, 11) is 0. The standard InChI is InChI=1S/C19H23F2N3O2/c20-19(21)26-16-6-4-15(5-7-16)13-22-14-18(17-3-1-2-8-23-17)24-9-11-25-12-10-24/h1-8,18-19,22H,9-14H2. The zero-order valence-corrected chi connectivity index (χ0v) is 14.5. The first-order chi connectivity index (χ1) is 12.7. The van der Waals surface area contributed by atoms with Gasteiger partial charge in [-0.15, -0.1) is 0 Å². The van der Waals surface area contributed by atoms with Crippen molar-refractivity contribution in [2.75, 3.05) is 32.8 Å². The molecule has 0 amide bonds. The Hall–Kier alpha value is -2.09. The van der Waals surface area contributed by atoms with E-state index in [-0.39, 0.29) is 11.8 Å². The average molecular weight is 363 g/mol. The van der Waals surface area contributed by atoms with E-state index in [0.29, 0.717) is 6.54 Å². The van der Waals surface area contributed by atoms with Gasteiger partial charge in [0.25, 0.3) is 0 Å². The van der Waals surface area contributed by atoms with Gasteiger partial charge in [0, 0.05) is 32.4 Å².